The number of aromatic nitrogens is 3. The lowest BCUT2D eigenvalue weighted by molar-refractivity contribution is -0.141. The van der Waals surface area contributed by atoms with Gasteiger partial charge in [0.2, 0.25) is 5.91 Å². The minimum atomic E-state index is -4.57. The number of carbonyl (C=O) groups excluding carboxylic acids is 2. The average Bonchev–Trinajstić information content (AvgIpc) is 2.77. The van der Waals surface area contributed by atoms with Gasteiger partial charge in [-0.25, -0.2) is 9.97 Å². The van der Waals surface area contributed by atoms with Crippen LogP contribution in [0.2, 0.25) is 5.15 Å². The van der Waals surface area contributed by atoms with Crippen molar-refractivity contribution in [3.63, 3.8) is 0 Å². The van der Waals surface area contributed by atoms with E-state index in [2.05, 4.69) is 20.3 Å². The highest BCUT2D eigenvalue weighted by atomic mass is 35.5. The zero-order chi connectivity index (χ0) is 25.0. The third kappa shape index (κ3) is 5.69. The van der Waals surface area contributed by atoms with E-state index in [0.29, 0.717) is 28.2 Å². The maximum Gasteiger partial charge on any atom is 0.433 e. The molecule has 34 heavy (non-hydrogen) atoms. The van der Waals surface area contributed by atoms with Gasteiger partial charge in [0, 0.05) is 35.8 Å². The van der Waals surface area contributed by atoms with Gasteiger partial charge in [0.05, 0.1) is 30.0 Å². The van der Waals surface area contributed by atoms with Gasteiger partial charge in [-0.05, 0) is 31.2 Å². The van der Waals surface area contributed by atoms with Crippen molar-refractivity contribution in [2.75, 3.05) is 23.8 Å². The molecule has 0 spiro atoms. The van der Waals surface area contributed by atoms with Gasteiger partial charge in [-0.2, -0.15) is 13.2 Å². The molecule has 0 bridgehead atoms. The molecule has 1 unspecified atom stereocenters. The maximum atomic E-state index is 12.7. The molecule has 0 radical (unpaired) electrons. The summed E-state index contributed by atoms with van der Waals surface area (Å²) in [6, 6.07) is 7.15. The monoisotopic (exact) mass is 491 g/mol. The Balaban J connectivity index is 1.89. The van der Waals surface area contributed by atoms with Crippen LogP contribution in [0.1, 0.15) is 29.9 Å². The molecule has 3 rings (SSSR count). The Morgan fingerprint density at radius 3 is 2.62 bits per heavy atom. The number of nitrogens with one attached hydrogen (secondary N) is 1. The molecule has 0 fully saturated rings. The number of pyridine rings is 3. The highest BCUT2D eigenvalue weighted by Crippen LogP contribution is 2.39. The molecule has 0 aliphatic rings. The summed E-state index contributed by atoms with van der Waals surface area (Å²) in [7, 11) is 1.67. The molecule has 11 heteroatoms. The lowest BCUT2D eigenvalue weighted by atomic mass is 9.96. The van der Waals surface area contributed by atoms with Gasteiger partial charge in [-0.1, -0.05) is 24.6 Å². The van der Waals surface area contributed by atoms with Crippen LogP contribution >= 0.6 is 11.6 Å². The Labute approximate surface area is 199 Å². The first-order valence-corrected chi connectivity index (χ1v) is 10.5. The van der Waals surface area contributed by atoms with Crippen molar-refractivity contribution in [3.8, 4) is 11.1 Å². The minimum absolute atomic E-state index is 0.130. The number of amides is 1. The van der Waals surface area contributed by atoms with Crippen LogP contribution in [0.15, 0.2) is 42.7 Å². The molecule has 3 aromatic heterocycles. The van der Waals surface area contributed by atoms with Gasteiger partial charge in [0.1, 0.15) is 17.1 Å². The molecule has 0 aliphatic heterocycles. The number of aldehydes is 1. The number of rotatable bonds is 7. The first kappa shape index (κ1) is 25.1. The lowest BCUT2D eigenvalue weighted by Crippen LogP contribution is -2.30. The molecule has 7 nitrogen and oxygen atoms in total. The van der Waals surface area contributed by atoms with Crippen molar-refractivity contribution in [3.05, 3.63) is 65.0 Å². The molecule has 3 heterocycles. The van der Waals surface area contributed by atoms with Crippen LogP contribution in [-0.2, 0) is 15.8 Å². The fourth-order valence-corrected chi connectivity index (χ4v) is 3.69. The summed E-state index contributed by atoms with van der Waals surface area (Å²) in [5.74, 6) is -0.976. The number of halogens is 4. The topological polar surface area (TPSA) is 88.1 Å². The van der Waals surface area contributed by atoms with Crippen LogP contribution in [0.4, 0.5) is 24.5 Å². The molecule has 1 atom stereocenters. The van der Waals surface area contributed by atoms with E-state index in [1.807, 2.05) is 0 Å². The summed E-state index contributed by atoms with van der Waals surface area (Å²) in [6.45, 7) is 3.31. The fraction of sp³-hybridized carbons (Fsp3) is 0.261. The zero-order valence-corrected chi connectivity index (χ0v) is 19.3. The van der Waals surface area contributed by atoms with Gasteiger partial charge in [0.25, 0.3) is 0 Å². The number of carbonyl (C=O) groups is 2. The van der Waals surface area contributed by atoms with Gasteiger partial charge in [-0.3, -0.25) is 9.78 Å². The van der Waals surface area contributed by atoms with Crippen LogP contribution in [0.25, 0.3) is 11.1 Å². The number of aryl methyl sites for hydroxylation is 1. The number of anilines is 2. The normalized spacial score (nSPS) is 12.2. The van der Waals surface area contributed by atoms with Gasteiger partial charge in [0.15, 0.2) is 0 Å². The molecule has 178 valence electrons. The summed E-state index contributed by atoms with van der Waals surface area (Å²) in [5.41, 5.74) is 1.89. The summed E-state index contributed by atoms with van der Waals surface area (Å²) in [5, 5.41) is 2.71. The number of hydrogen-bond donors (Lipinski definition) is 1. The van der Waals surface area contributed by atoms with E-state index in [9.17, 15) is 22.8 Å². The molecule has 1 N–H and O–H groups in total. The lowest BCUT2D eigenvalue weighted by Gasteiger charge is -2.24. The second-order valence-electron chi connectivity index (χ2n) is 7.64. The molecular formula is C23H21ClF3N5O2. The Hall–Kier alpha value is -3.53. The van der Waals surface area contributed by atoms with Crippen LogP contribution < -0.4 is 10.2 Å². The molecule has 0 aromatic carbocycles. The van der Waals surface area contributed by atoms with Crippen molar-refractivity contribution in [1.29, 1.82) is 0 Å². The summed E-state index contributed by atoms with van der Waals surface area (Å²) in [6.07, 6.45) is -1.27. The highest BCUT2D eigenvalue weighted by molar-refractivity contribution is 6.33. The average molecular weight is 492 g/mol. The molecule has 3 aromatic rings. The van der Waals surface area contributed by atoms with Crippen molar-refractivity contribution < 1.29 is 22.8 Å². The van der Waals surface area contributed by atoms with Gasteiger partial charge in [-0.15, -0.1) is 0 Å². The van der Waals surface area contributed by atoms with Crippen molar-refractivity contribution in [2.45, 2.75) is 25.9 Å². The minimum Gasteiger partial charge on any atom is -0.365 e. The van der Waals surface area contributed by atoms with E-state index in [1.54, 1.807) is 50.2 Å². The molecule has 1 amide bonds. The van der Waals surface area contributed by atoms with Crippen LogP contribution in [0, 0.1) is 6.92 Å². The third-order valence-electron chi connectivity index (χ3n) is 4.96. The summed E-state index contributed by atoms with van der Waals surface area (Å²) in [4.78, 5) is 37.6. The predicted octanol–water partition coefficient (Wildman–Crippen LogP) is 4.90. The second-order valence-corrected chi connectivity index (χ2v) is 8.00. The largest absolute Gasteiger partial charge is 0.433 e. The van der Waals surface area contributed by atoms with E-state index in [4.69, 9.17) is 11.6 Å². The van der Waals surface area contributed by atoms with Crippen molar-refractivity contribution in [2.24, 2.45) is 0 Å². The number of hydrogen-bond acceptors (Lipinski definition) is 6. The summed E-state index contributed by atoms with van der Waals surface area (Å²) >= 11 is 6.50. The van der Waals surface area contributed by atoms with E-state index in [-0.39, 0.29) is 17.4 Å². The number of alkyl halides is 3. The molecule has 0 saturated heterocycles. The standard InChI is InChI=1S/C23H21ClF3N5O2/c1-13(12-33)21-16(5-4-8-28-21)20-17(9-14(2)30-22(20)24)32(3)11-19(34)31-15-6-7-18(29-10-15)23(25,26)27/h4-10,12-13H,11H2,1-3H3,(H,31,34). The number of likely N-dealkylation sites (N-methyl/N-ethyl adjacent to an activating group) is 1. The third-order valence-corrected chi connectivity index (χ3v) is 5.23. The highest BCUT2D eigenvalue weighted by Gasteiger charge is 2.32. The smallest absolute Gasteiger partial charge is 0.365 e. The van der Waals surface area contributed by atoms with Gasteiger partial charge >= 0.3 is 6.18 Å². The van der Waals surface area contributed by atoms with Crippen LogP contribution in [0.3, 0.4) is 0 Å². The van der Waals surface area contributed by atoms with Crippen LogP contribution in [-0.4, -0.2) is 40.7 Å². The van der Waals surface area contributed by atoms with Crippen molar-refractivity contribution >= 4 is 35.2 Å². The maximum absolute atomic E-state index is 12.7. The zero-order valence-electron chi connectivity index (χ0n) is 18.5. The Morgan fingerprint density at radius 2 is 2.00 bits per heavy atom. The van der Waals surface area contributed by atoms with Gasteiger partial charge < -0.3 is 15.0 Å². The quantitative estimate of drug-likeness (QED) is 0.374. The van der Waals surface area contributed by atoms with E-state index < -0.39 is 23.7 Å². The Morgan fingerprint density at radius 1 is 1.26 bits per heavy atom. The number of nitrogens with zero attached hydrogens (tertiary/aromatic N) is 4. The van der Waals surface area contributed by atoms with E-state index in [0.717, 1.165) is 24.6 Å². The first-order chi connectivity index (χ1) is 16.0. The molecule has 0 aliphatic carbocycles. The van der Waals surface area contributed by atoms with E-state index >= 15 is 0 Å². The summed E-state index contributed by atoms with van der Waals surface area (Å²) < 4.78 is 38.1. The fourth-order valence-electron chi connectivity index (χ4n) is 3.36. The van der Waals surface area contributed by atoms with E-state index in [1.165, 1.54) is 0 Å². The Bertz CT molecular complexity index is 1200. The Kier molecular flexibility index (Phi) is 7.51. The molecular weight excluding hydrogens is 471 g/mol. The molecule has 0 saturated carbocycles. The van der Waals surface area contributed by atoms with Crippen LogP contribution in [0.5, 0.6) is 0 Å². The first-order valence-electron chi connectivity index (χ1n) is 10.1. The SMILES string of the molecule is Cc1cc(N(C)CC(=O)Nc2ccc(C(F)(F)F)nc2)c(-c2cccnc2C(C)C=O)c(Cl)n1. The van der Waals surface area contributed by atoms with Crippen molar-refractivity contribution in [1.82, 2.24) is 15.0 Å². The second kappa shape index (κ2) is 10.2. The predicted molar refractivity (Wildman–Crippen MR) is 123 cm³/mol.